The monoisotopic (exact) mass is 416 g/mol. The second kappa shape index (κ2) is 9.78. The van der Waals surface area contributed by atoms with Gasteiger partial charge >= 0.3 is 0 Å². The number of nitrogens with one attached hydrogen (secondary N) is 1. The van der Waals surface area contributed by atoms with Crippen molar-refractivity contribution in [3.05, 3.63) is 30.1 Å². The first-order chi connectivity index (χ1) is 13.9. The molecule has 0 saturated carbocycles. The van der Waals surface area contributed by atoms with Crippen molar-refractivity contribution in [2.75, 3.05) is 23.3 Å². The summed E-state index contributed by atoms with van der Waals surface area (Å²) in [7, 11) is 1.82. The van der Waals surface area contributed by atoms with E-state index in [1.165, 1.54) is 36.7 Å². The number of piperidine rings is 1. The smallest absolute Gasteiger partial charge is 0.237 e. The van der Waals surface area contributed by atoms with Crippen molar-refractivity contribution in [2.45, 2.75) is 49.4 Å². The number of carbonyl (C=O) groups excluding carboxylic acids is 2. The topological polar surface area (TPSA) is 106 Å². The van der Waals surface area contributed by atoms with Crippen molar-refractivity contribution < 1.29 is 9.59 Å². The highest BCUT2D eigenvalue weighted by atomic mass is 32.2. The van der Waals surface area contributed by atoms with Crippen molar-refractivity contribution in [3.63, 3.8) is 0 Å². The normalized spacial score (nSPS) is 15.2. The number of anilines is 2. The van der Waals surface area contributed by atoms with Gasteiger partial charge in [-0.1, -0.05) is 11.8 Å². The van der Waals surface area contributed by atoms with Gasteiger partial charge in [-0.25, -0.2) is 0 Å². The van der Waals surface area contributed by atoms with E-state index in [9.17, 15) is 9.59 Å². The van der Waals surface area contributed by atoms with Gasteiger partial charge in [0.2, 0.25) is 11.8 Å². The second-order valence-corrected chi connectivity index (χ2v) is 8.58. The van der Waals surface area contributed by atoms with Crippen LogP contribution in [-0.2, 0) is 23.1 Å². The lowest BCUT2D eigenvalue weighted by Crippen LogP contribution is -2.29. The van der Waals surface area contributed by atoms with Gasteiger partial charge < -0.3 is 20.5 Å². The van der Waals surface area contributed by atoms with E-state index in [4.69, 9.17) is 5.73 Å². The first kappa shape index (κ1) is 21.2. The number of benzene rings is 1. The van der Waals surface area contributed by atoms with Crippen molar-refractivity contribution >= 4 is 35.0 Å². The minimum Gasteiger partial charge on any atom is -0.372 e. The molecule has 1 saturated heterocycles. The maximum Gasteiger partial charge on any atom is 0.237 e. The third kappa shape index (κ3) is 5.72. The summed E-state index contributed by atoms with van der Waals surface area (Å²) in [5.74, 6) is 0.205. The van der Waals surface area contributed by atoms with Gasteiger partial charge in [-0.2, -0.15) is 0 Å². The Bertz CT molecular complexity index is 845. The Kier molecular flexibility index (Phi) is 7.13. The van der Waals surface area contributed by atoms with Gasteiger partial charge in [0.15, 0.2) is 5.16 Å². The number of thioether (sulfide) groups is 1. The van der Waals surface area contributed by atoms with E-state index in [1.807, 2.05) is 26.1 Å². The molecular weight excluding hydrogens is 388 g/mol. The third-order valence-electron chi connectivity index (χ3n) is 5.03. The van der Waals surface area contributed by atoms with Crippen LogP contribution >= 0.6 is 11.8 Å². The van der Waals surface area contributed by atoms with Crippen LogP contribution in [0.3, 0.4) is 0 Å². The highest BCUT2D eigenvalue weighted by molar-refractivity contribution is 8.00. The zero-order valence-electron chi connectivity index (χ0n) is 16.9. The Hall–Kier alpha value is -2.55. The number of nitrogens with zero attached hydrogens (tertiary/aromatic N) is 4. The molecule has 156 valence electrons. The molecule has 8 nitrogen and oxygen atoms in total. The molecule has 0 aliphatic carbocycles. The fourth-order valence-electron chi connectivity index (χ4n) is 3.26. The second-order valence-electron chi connectivity index (χ2n) is 7.27. The Labute approximate surface area is 175 Å². The summed E-state index contributed by atoms with van der Waals surface area (Å²) < 4.78 is 1.80. The van der Waals surface area contributed by atoms with Gasteiger partial charge in [0, 0.05) is 44.4 Å². The fourth-order valence-corrected chi connectivity index (χ4v) is 4.10. The van der Waals surface area contributed by atoms with Crippen LogP contribution in [0.15, 0.2) is 29.4 Å². The molecule has 0 unspecified atom stereocenters. The molecule has 1 aliphatic heterocycles. The fraction of sp³-hybridized carbons (Fsp3) is 0.500. The highest BCUT2D eigenvalue weighted by Gasteiger charge is 2.19. The van der Waals surface area contributed by atoms with Crippen LogP contribution in [0, 0.1) is 0 Å². The molecule has 2 amide bonds. The average Bonchev–Trinajstić information content (AvgIpc) is 3.07. The number of hydrogen-bond acceptors (Lipinski definition) is 6. The molecule has 0 bridgehead atoms. The maximum atomic E-state index is 12.6. The average molecular weight is 417 g/mol. The van der Waals surface area contributed by atoms with Gasteiger partial charge in [-0.15, -0.1) is 10.2 Å². The molecule has 3 rings (SSSR count). The standard InChI is InChI=1S/C20H28N6O2S/c1-14(29-20-24-23-18(25(20)2)11-10-17(21)27)19(28)22-15-6-8-16(9-7-15)26-12-4-3-5-13-26/h6-9,14H,3-5,10-13H2,1-2H3,(H2,21,27)(H,22,28)/t14-/m0/s1. The minimum atomic E-state index is -0.374. The number of aromatic nitrogens is 3. The van der Waals surface area contributed by atoms with E-state index in [-0.39, 0.29) is 23.5 Å². The maximum absolute atomic E-state index is 12.6. The molecule has 9 heteroatoms. The Morgan fingerprint density at radius 2 is 1.86 bits per heavy atom. The minimum absolute atomic E-state index is 0.0950. The summed E-state index contributed by atoms with van der Waals surface area (Å²) in [4.78, 5) is 25.9. The molecule has 0 radical (unpaired) electrons. The van der Waals surface area contributed by atoms with E-state index >= 15 is 0 Å². The molecule has 3 N–H and O–H groups in total. The molecule has 2 aromatic rings. The van der Waals surface area contributed by atoms with Gasteiger partial charge in [-0.05, 0) is 50.5 Å². The largest absolute Gasteiger partial charge is 0.372 e. The van der Waals surface area contributed by atoms with E-state index in [0.29, 0.717) is 17.4 Å². The van der Waals surface area contributed by atoms with E-state index < -0.39 is 0 Å². The van der Waals surface area contributed by atoms with Crippen molar-refractivity contribution in [1.29, 1.82) is 0 Å². The van der Waals surface area contributed by atoms with Crippen LogP contribution in [0.25, 0.3) is 0 Å². The summed E-state index contributed by atoms with van der Waals surface area (Å²) in [5, 5.41) is 11.5. The van der Waals surface area contributed by atoms with Gasteiger partial charge in [-0.3, -0.25) is 9.59 Å². The van der Waals surface area contributed by atoms with Gasteiger partial charge in [0.05, 0.1) is 5.25 Å². The summed E-state index contributed by atoms with van der Waals surface area (Å²) in [6.45, 7) is 4.02. The Balaban J connectivity index is 1.54. The quantitative estimate of drug-likeness (QED) is 0.640. The van der Waals surface area contributed by atoms with E-state index in [2.05, 4.69) is 32.5 Å². The predicted octanol–water partition coefficient (Wildman–Crippen LogP) is 2.34. The Morgan fingerprint density at radius 1 is 1.17 bits per heavy atom. The molecule has 0 spiro atoms. The number of rotatable bonds is 8. The third-order valence-corrected chi connectivity index (χ3v) is 6.16. The van der Waals surface area contributed by atoms with Gasteiger partial charge in [0.1, 0.15) is 5.82 Å². The Morgan fingerprint density at radius 3 is 2.52 bits per heavy atom. The lowest BCUT2D eigenvalue weighted by atomic mass is 10.1. The van der Waals surface area contributed by atoms with Gasteiger partial charge in [0.25, 0.3) is 0 Å². The van der Waals surface area contributed by atoms with Crippen LogP contribution in [0.2, 0.25) is 0 Å². The van der Waals surface area contributed by atoms with E-state index in [1.54, 1.807) is 4.57 Å². The van der Waals surface area contributed by atoms with Crippen LogP contribution in [-0.4, -0.2) is 44.9 Å². The number of primary amides is 1. The van der Waals surface area contributed by atoms with Crippen molar-refractivity contribution in [1.82, 2.24) is 14.8 Å². The number of aryl methyl sites for hydroxylation is 1. The molecule has 1 aliphatic rings. The molecular formula is C20H28N6O2S. The lowest BCUT2D eigenvalue weighted by molar-refractivity contribution is -0.118. The lowest BCUT2D eigenvalue weighted by Gasteiger charge is -2.28. The summed E-state index contributed by atoms with van der Waals surface area (Å²) in [5.41, 5.74) is 7.17. The molecule has 29 heavy (non-hydrogen) atoms. The SMILES string of the molecule is C[C@H](Sc1nnc(CCC(N)=O)n1C)C(=O)Nc1ccc(N2CCCCC2)cc1. The summed E-state index contributed by atoms with van der Waals surface area (Å²) >= 11 is 1.33. The molecule has 1 atom stereocenters. The number of carbonyl (C=O) groups is 2. The number of amides is 2. The van der Waals surface area contributed by atoms with Crippen LogP contribution in [0.1, 0.15) is 38.4 Å². The number of nitrogens with two attached hydrogens (primary N) is 1. The first-order valence-corrected chi connectivity index (χ1v) is 10.8. The summed E-state index contributed by atoms with van der Waals surface area (Å²) in [6.07, 6.45) is 4.43. The highest BCUT2D eigenvalue weighted by Crippen LogP contribution is 2.25. The zero-order valence-corrected chi connectivity index (χ0v) is 17.7. The molecule has 1 aromatic heterocycles. The van der Waals surface area contributed by atoms with Crippen molar-refractivity contribution in [3.8, 4) is 0 Å². The first-order valence-electron chi connectivity index (χ1n) is 9.93. The number of hydrogen-bond donors (Lipinski definition) is 2. The molecule has 1 fully saturated rings. The zero-order chi connectivity index (χ0) is 20.8. The van der Waals surface area contributed by atoms with Crippen LogP contribution in [0.5, 0.6) is 0 Å². The summed E-state index contributed by atoms with van der Waals surface area (Å²) in [6, 6.07) is 8.02. The molecule has 1 aromatic carbocycles. The predicted molar refractivity (Wildman–Crippen MR) is 115 cm³/mol. The van der Waals surface area contributed by atoms with E-state index in [0.717, 1.165) is 18.8 Å². The molecule has 2 heterocycles. The van der Waals surface area contributed by atoms with Crippen LogP contribution < -0.4 is 16.0 Å². The van der Waals surface area contributed by atoms with Crippen LogP contribution in [0.4, 0.5) is 11.4 Å². The van der Waals surface area contributed by atoms with Crippen molar-refractivity contribution in [2.24, 2.45) is 12.8 Å².